The van der Waals surface area contributed by atoms with Gasteiger partial charge < -0.3 is 14.8 Å². The van der Waals surface area contributed by atoms with Crippen molar-refractivity contribution in [3.8, 4) is 0 Å². The Morgan fingerprint density at radius 2 is 1.76 bits per heavy atom. The second-order valence-corrected chi connectivity index (χ2v) is 5.57. The summed E-state index contributed by atoms with van der Waals surface area (Å²) in [5.74, 6) is 0.485. The molecule has 0 amide bonds. The second-order valence-electron chi connectivity index (χ2n) is 5.57. The summed E-state index contributed by atoms with van der Waals surface area (Å²) in [7, 11) is 0. The molecule has 1 aliphatic heterocycles. The summed E-state index contributed by atoms with van der Waals surface area (Å²) in [5, 5.41) is 3.51. The van der Waals surface area contributed by atoms with Crippen molar-refractivity contribution >= 4 is 11.4 Å². The first-order valence-corrected chi connectivity index (χ1v) is 7.43. The zero-order valence-corrected chi connectivity index (χ0v) is 12.5. The van der Waals surface area contributed by atoms with E-state index in [1.54, 1.807) is 0 Å². The first-order chi connectivity index (χ1) is 10.2. The van der Waals surface area contributed by atoms with Gasteiger partial charge in [-0.2, -0.15) is 0 Å². The summed E-state index contributed by atoms with van der Waals surface area (Å²) >= 11 is 0. The van der Waals surface area contributed by atoms with Crippen molar-refractivity contribution in [3.05, 3.63) is 59.7 Å². The van der Waals surface area contributed by atoms with Gasteiger partial charge in [0.15, 0.2) is 6.29 Å². The van der Waals surface area contributed by atoms with E-state index in [1.807, 2.05) is 12.1 Å². The molecule has 2 aromatic carbocycles. The van der Waals surface area contributed by atoms with Crippen LogP contribution in [0.1, 0.15) is 37.2 Å². The third-order valence-electron chi connectivity index (χ3n) is 3.64. The smallest absolute Gasteiger partial charge is 0.184 e. The molecule has 0 aliphatic carbocycles. The van der Waals surface area contributed by atoms with E-state index in [9.17, 15) is 0 Å². The van der Waals surface area contributed by atoms with Crippen LogP contribution >= 0.6 is 0 Å². The molecule has 1 heterocycles. The molecule has 1 fully saturated rings. The molecule has 0 unspecified atom stereocenters. The molecule has 0 saturated carbocycles. The maximum Gasteiger partial charge on any atom is 0.184 e. The standard InChI is InChI=1S/C18H21NO2/c1-13(2)16-8-3-4-9-17(16)19-15-7-5-6-14(12-15)18-20-10-11-21-18/h3-9,12-13,18-19H,10-11H2,1-2H3. The number of hydrogen-bond acceptors (Lipinski definition) is 3. The Bertz CT molecular complexity index is 604. The molecular formula is C18H21NO2. The van der Waals surface area contributed by atoms with E-state index >= 15 is 0 Å². The highest BCUT2D eigenvalue weighted by Gasteiger charge is 2.18. The molecule has 1 aliphatic rings. The van der Waals surface area contributed by atoms with Gasteiger partial charge in [0.25, 0.3) is 0 Å². The first kappa shape index (κ1) is 14.1. The van der Waals surface area contributed by atoms with E-state index in [0.29, 0.717) is 19.1 Å². The zero-order valence-electron chi connectivity index (χ0n) is 12.5. The fourth-order valence-electron chi connectivity index (χ4n) is 2.58. The number of ether oxygens (including phenoxy) is 2. The van der Waals surface area contributed by atoms with Gasteiger partial charge in [0.1, 0.15) is 0 Å². The van der Waals surface area contributed by atoms with Crippen molar-refractivity contribution in [2.75, 3.05) is 18.5 Å². The van der Waals surface area contributed by atoms with E-state index in [-0.39, 0.29) is 6.29 Å². The normalized spacial score (nSPS) is 15.6. The first-order valence-electron chi connectivity index (χ1n) is 7.43. The zero-order chi connectivity index (χ0) is 14.7. The lowest BCUT2D eigenvalue weighted by molar-refractivity contribution is -0.0440. The number of nitrogens with one attached hydrogen (secondary N) is 1. The molecule has 3 heteroatoms. The SMILES string of the molecule is CC(C)c1ccccc1Nc1cccc(C2OCCO2)c1. The Morgan fingerprint density at radius 3 is 2.52 bits per heavy atom. The topological polar surface area (TPSA) is 30.5 Å². The summed E-state index contributed by atoms with van der Waals surface area (Å²) in [5.41, 5.74) is 4.58. The maximum absolute atomic E-state index is 5.56. The van der Waals surface area contributed by atoms with Gasteiger partial charge in [-0.25, -0.2) is 0 Å². The van der Waals surface area contributed by atoms with E-state index in [4.69, 9.17) is 9.47 Å². The van der Waals surface area contributed by atoms with Crippen LogP contribution in [-0.2, 0) is 9.47 Å². The van der Waals surface area contributed by atoms with Gasteiger partial charge in [-0.15, -0.1) is 0 Å². The van der Waals surface area contributed by atoms with Crippen molar-refractivity contribution in [3.63, 3.8) is 0 Å². The van der Waals surface area contributed by atoms with Crippen molar-refractivity contribution in [2.24, 2.45) is 0 Å². The molecule has 0 radical (unpaired) electrons. The molecule has 1 saturated heterocycles. The van der Waals surface area contributed by atoms with Gasteiger partial charge >= 0.3 is 0 Å². The lowest BCUT2D eigenvalue weighted by Gasteiger charge is -2.16. The van der Waals surface area contributed by atoms with Crippen LogP contribution in [0.5, 0.6) is 0 Å². The monoisotopic (exact) mass is 283 g/mol. The van der Waals surface area contributed by atoms with E-state index in [0.717, 1.165) is 16.9 Å². The average molecular weight is 283 g/mol. The molecule has 110 valence electrons. The largest absolute Gasteiger partial charge is 0.355 e. The Balaban J connectivity index is 1.83. The molecule has 0 bridgehead atoms. The highest BCUT2D eigenvalue weighted by Crippen LogP contribution is 2.29. The molecule has 2 aromatic rings. The molecular weight excluding hydrogens is 262 g/mol. The second kappa shape index (κ2) is 6.29. The molecule has 1 N–H and O–H groups in total. The van der Waals surface area contributed by atoms with Crippen molar-refractivity contribution in [1.29, 1.82) is 0 Å². The summed E-state index contributed by atoms with van der Waals surface area (Å²) in [6.07, 6.45) is -0.230. The third-order valence-corrected chi connectivity index (χ3v) is 3.64. The predicted octanol–water partition coefficient (Wildman–Crippen LogP) is 4.60. The minimum absolute atomic E-state index is 0.230. The molecule has 0 atom stereocenters. The number of rotatable bonds is 4. The summed E-state index contributed by atoms with van der Waals surface area (Å²) in [6.45, 7) is 5.74. The maximum atomic E-state index is 5.56. The van der Waals surface area contributed by atoms with Crippen LogP contribution in [0.4, 0.5) is 11.4 Å². The molecule has 0 aromatic heterocycles. The summed E-state index contributed by atoms with van der Waals surface area (Å²) in [4.78, 5) is 0. The molecule has 0 spiro atoms. The van der Waals surface area contributed by atoms with Crippen LogP contribution in [0.3, 0.4) is 0 Å². The number of benzene rings is 2. The van der Waals surface area contributed by atoms with Crippen molar-refractivity contribution in [1.82, 2.24) is 0 Å². The average Bonchev–Trinajstić information content (AvgIpc) is 3.02. The van der Waals surface area contributed by atoms with E-state index < -0.39 is 0 Å². The van der Waals surface area contributed by atoms with Crippen molar-refractivity contribution < 1.29 is 9.47 Å². The minimum atomic E-state index is -0.230. The Labute approximate surface area is 125 Å². The summed E-state index contributed by atoms with van der Waals surface area (Å²) < 4.78 is 11.1. The number of para-hydroxylation sites is 1. The minimum Gasteiger partial charge on any atom is -0.355 e. The van der Waals surface area contributed by atoms with Crippen LogP contribution < -0.4 is 5.32 Å². The van der Waals surface area contributed by atoms with Crippen LogP contribution in [0.25, 0.3) is 0 Å². The van der Waals surface area contributed by atoms with Gasteiger partial charge in [-0.3, -0.25) is 0 Å². The fraction of sp³-hybridized carbons (Fsp3) is 0.333. The predicted molar refractivity (Wildman–Crippen MR) is 84.9 cm³/mol. The van der Waals surface area contributed by atoms with Crippen molar-refractivity contribution in [2.45, 2.75) is 26.1 Å². The van der Waals surface area contributed by atoms with Gasteiger partial charge in [0.2, 0.25) is 0 Å². The third kappa shape index (κ3) is 3.26. The fourth-order valence-corrected chi connectivity index (χ4v) is 2.58. The highest BCUT2D eigenvalue weighted by molar-refractivity contribution is 5.64. The lowest BCUT2D eigenvalue weighted by Crippen LogP contribution is -2.01. The van der Waals surface area contributed by atoms with E-state index in [1.165, 1.54) is 5.56 Å². The van der Waals surface area contributed by atoms with Crippen LogP contribution in [0.15, 0.2) is 48.5 Å². The van der Waals surface area contributed by atoms with Gasteiger partial charge in [0, 0.05) is 16.9 Å². The van der Waals surface area contributed by atoms with Crippen LogP contribution in [-0.4, -0.2) is 13.2 Å². The van der Waals surface area contributed by atoms with E-state index in [2.05, 4.69) is 55.6 Å². The van der Waals surface area contributed by atoms with Crippen LogP contribution in [0.2, 0.25) is 0 Å². The highest BCUT2D eigenvalue weighted by atomic mass is 16.7. The lowest BCUT2D eigenvalue weighted by atomic mass is 10.0. The molecule has 3 nitrogen and oxygen atoms in total. The Kier molecular flexibility index (Phi) is 4.23. The molecule has 21 heavy (non-hydrogen) atoms. The quantitative estimate of drug-likeness (QED) is 0.889. The van der Waals surface area contributed by atoms with Crippen LogP contribution in [0, 0.1) is 0 Å². The molecule has 3 rings (SSSR count). The Hall–Kier alpha value is -1.84. The number of hydrogen-bond donors (Lipinski definition) is 1. The Morgan fingerprint density at radius 1 is 1.00 bits per heavy atom. The number of anilines is 2. The summed E-state index contributed by atoms with van der Waals surface area (Å²) in [6, 6.07) is 16.6. The van der Waals surface area contributed by atoms with Gasteiger partial charge in [0.05, 0.1) is 13.2 Å². The van der Waals surface area contributed by atoms with Gasteiger partial charge in [-0.05, 0) is 29.7 Å². The van der Waals surface area contributed by atoms with Gasteiger partial charge in [-0.1, -0.05) is 44.2 Å².